The Labute approximate surface area is 137 Å². The number of methoxy groups -OCH3 is 2. The van der Waals surface area contributed by atoms with Gasteiger partial charge in [0.05, 0.1) is 14.2 Å². The zero-order valence-electron chi connectivity index (χ0n) is 13.2. The van der Waals surface area contributed by atoms with E-state index in [0.717, 1.165) is 10.9 Å². The number of aromatic nitrogens is 1. The molecule has 2 aromatic carbocycles. The summed E-state index contributed by atoms with van der Waals surface area (Å²) in [6, 6.07) is 14.4. The van der Waals surface area contributed by atoms with Gasteiger partial charge in [-0.1, -0.05) is 30.3 Å². The molecule has 0 bridgehead atoms. The van der Waals surface area contributed by atoms with Crippen LogP contribution in [0.3, 0.4) is 0 Å². The second kappa shape index (κ2) is 6.45. The molecule has 0 saturated carbocycles. The first-order valence-electron chi connectivity index (χ1n) is 7.19. The highest BCUT2D eigenvalue weighted by Crippen LogP contribution is 2.34. The maximum absolute atomic E-state index is 12.4. The summed E-state index contributed by atoms with van der Waals surface area (Å²) >= 11 is 0. The number of rotatable bonds is 3. The lowest BCUT2D eigenvalue weighted by Gasteiger charge is -2.12. The first-order valence-corrected chi connectivity index (χ1v) is 7.19. The Morgan fingerprint density at radius 3 is 2.38 bits per heavy atom. The minimum absolute atomic E-state index is 0.106. The smallest absolute Gasteiger partial charge is 0.497 e. The molecule has 0 spiro atoms. The van der Waals surface area contributed by atoms with Crippen molar-refractivity contribution in [3.05, 3.63) is 58.9 Å². The third-order valence-electron chi connectivity index (χ3n) is 3.61. The van der Waals surface area contributed by atoms with Gasteiger partial charge in [-0.15, -0.1) is 0 Å². The Balaban J connectivity index is 2.30. The normalized spacial score (nSPS) is 10.4. The van der Waals surface area contributed by atoms with Crippen molar-refractivity contribution in [2.24, 2.45) is 0 Å². The van der Waals surface area contributed by atoms with Crippen molar-refractivity contribution in [3.63, 3.8) is 0 Å². The van der Waals surface area contributed by atoms with Gasteiger partial charge in [0.15, 0.2) is 0 Å². The lowest BCUT2D eigenvalue weighted by Crippen LogP contribution is -2.17. The van der Waals surface area contributed by atoms with Crippen LogP contribution in [0.4, 0.5) is 4.79 Å². The van der Waals surface area contributed by atoms with Crippen LogP contribution in [0.1, 0.15) is 0 Å². The molecule has 0 aliphatic carbocycles. The first-order chi connectivity index (χ1) is 11.6. The molecule has 0 atom stereocenters. The highest BCUT2D eigenvalue weighted by Gasteiger charge is 2.19. The van der Waals surface area contributed by atoms with E-state index in [1.54, 1.807) is 37.4 Å². The molecule has 1 heterocycles. The Kier molecular flexibility index (Phi) is 4.20. The number of ether oxygens (including phenoxy) is 3. The van der Waals surface area contributed by atoms with Crippen molar-refractivity contribution in [2.75, 3.05) is 14.2 Å². The van der Waals surface area contributed by atoms with Crippen LogP contribution in [0.15, 0.2) is 53.3 Å². The molecule has 24 heavy (non-hydrogen) atoms. The van der Waals surface area contributed by atoms with Gasteiger partial charge in [-0.25, -0.2) is 4.79 Å². The molecule has 0 amide bonds. The third kappa shape index (κ3) is 2.81. The van der Waals surface area contributed by atoms with Gasteiger partial charge < -0.3 is 19.2 Å². The highest BCUT2D eigenvalue weighted by molar-refractivity contribution is 5.98. The van der Waals surface area contributed by atoms with Crippen molar-refractivity contribution >= 4 is 17.1 Å². The van der Waals surface area contributed by atoms with Gasteiger partial charge in [-0.05, 0) is 23.8 Å². The lowest BCUT2D eigenvalue weighted by molar-refractivity contribution is 0.121. The van der Waals surface area contributed by atoms with Crippen molar-refractivity contribution in [1.29, 1.82) is 0 Å². The molecule has 1 aromatic heterocycles. The topological polar surface area (TPSA) is 77.6 Å². The van der Waals surface area contributed by atoms with Gasteiger partial charge in [-0.3, -0.25) is 4.79 Å². The fourth-order valence-corrected chi connectivity index (χ4v) is 2.49. The van der Waals surface area contributed by atoms with Crippen LogP contribution < -0.4 is 15.0 Å². The van der Waals surface area contributed by atoms with Gasteiger partial charge in [0.1, 0.15) is 5.75 Å². The number of hydrogen-bond donors (Lipinski definition) is 1. The van der Waals surface area contributed by atoms with E-state index in [1.807, 2.05) is 18.2 Å². The summed E-state index contributed by atoms with van der Waals surface area (Å²) in [5.74, 6) is 0.578. The summed E-state index contributed by atoms with van der Waals surface area (Å²) in [7, 11) is 2.76. The number of fused-ring (bicyclic) bond motifs is 1. The molecule has 0 radical (unpaired) electrons. The molecule has 0 unspecified atom stereocenters. The number of H-pyrrole nitrogens is 1. The van der Waals surface area contributed by atoms with Crippen LogP contribution in [0.5, 0.6) is 11.5 Å². The van der Waals surface area contributed by atoms with E-state index in [9.17, 15) is 9.59 Å². The van der Waals surface area contributed by atoms with Gasteiger partial charge in [-0.2, -0.15) is 0 Å². The molecule has 3 aromatic rings. The Morgan fingerprint density at radius 2 is 1.71 bits per heavy atom. The van der Waals surface area contributed by atoms with Crippen LogP contribution in [0, 0.1) is 0 Å². The summed E-state index contributed by atoms with van der Waals surface area (Å²) in [6.07, 6.45) is -0.953. The molecule has 0 aliphatic heterocycles. The Morgan fingerprint density at radius 1 is 1.00 bits per heavy atom. The summed E-state index contributed by atoms with van der Waals surface area (Å²) in [6.45, 7) is 0. The van der Waals surface area contributed by atoms with Crippen LogP contribution in [-0.2, 0) is 4.74 Å². The number of hydrogen-bond acceptors (Lipinski definition) is 5. The molecule has 0 aliphatic rings. The average Bonchev–Trinajstić information content (AvgIpc) is 2.62. The van der Waals surface area contributed by atoms with Crippen LogP contribution >= 0.6 is 0 Å². The number of pyridine rings is 1. The highest BCUT2D eigenvalue weighted by atomic mass is 16.7. The summed E-state index contributed by atoms with van der Waals surface area (Å²) in [4.78, 5) is 26.6. The van der Waals surface area contributed by atoms with Crippen molar-refractivity contribution < 1.29 is 19.0 Å². The van der Waals surface area contributed by atoms with Gasteiger partial charge in [0, 0.05) is 16.5 Å². The predicted molar refractivity (Wildman–Crippen MR) is 89.6 cm³/mol. The number of aromatic amines is 1. The molecule has 0 saturated heterocycles. The maximum Gasteiger partial charge on any atom is 0.513 e. The number of carbonyl (C=O) groups is 1. The van der Waals surface area contributed by atoms with Crippen molar-refractivity contribution in [3.8, 4) is 22.6 Å². The molecule has 6 nitrogen and oxygen atoms in total. The number of benzene rings is 2. The van der Waals surface area contributed by atoms with E-state index in [0.29, 0.717) is 16.8 Å². The summed E-state index contributed by atoms with van der Waals surface area (Å²) in [5, 5.41) is 0.751. The SMILES string of the molecule is COC(=O)Oc1c(-c2ccc(OC)cc2)c2ccccc2[nH]c1=O. The van der Waals surface area contributed by atoms with Gasteiger partial charge >= 0.3 is 6.16 Å². The number of para-hydroxylation sites is 1. The summed E-state index contributed by atoms with van der Waals surface area (Å²) in [5.41, 5.74) is 1.37. The third-order valence-corrected chi connectivity index (χ3v) is 3.61. The molecular weight excluding hydrogens is 310 g/mol. The van der Waals surface area contributed by atoms with E-state index in [2.05, 4.69) is 9.72 Å². The van der Waals surface area contributed by atoms with Crippen LogP contribution in [-0.4, -0.2) is 25.4 Å². The zero-order chi connectivity index (χ0) is 17.1. The van der Waals surface area contributed by atoms with E-state index in [4.69, 9.17) is 9.47 Å². The lowest BCUT2D eigenvalue weighted by atomic mass is 10.00. The fraction of sp³-hybridized carbons (Fsp3) is 0.111. The minimum atomic E-state index is -0.953. The van der Waals surface area contributed by atoms with E-state index >= 15 is 0 Å². The molecule has 6 heteroatoms. The molecule has 3 rings (SSSR count). The predicted octanol–water partition coefficient (Wildman–Crippen LogP) is 3.35. The molecule has 0 fully saturated rings. The van der Waals surface area contributed by atoms with Crippen LogP contribution in [0.25, 0.3) is 22.0 Å². The monoisotopic (exact) mass is 325 g/mol. The molecule has 122 valence electrons. The standard InChI is InChI=1S/C18H15NO5/c1-22-12-9-7-11(8-10-12)15-13-5-3-4-6-14(13)19-17(20)16(15)24-18(21)23-2/h3-10H,1-2H3,(H,19,20). The number of nitrogens with one attached hydrogen (secondary N) is 1. The van der Waals surface area contributed by atoms with Crippen LogP contribution in [0.2, 0.25) is 0 Å². The molecule has 1 N–H and O–H groups in total. The molecular formula is C18H15NO5. The quantitative estimate of drug-likeness (QED) is 0.747. The largest absolute Gasteiger partial charge is 0.513 e. The Hall–Kier alpha value is -3.28. The average molecular weight is 325 g/mol. The van der Waals surface area contributed by atoms with Gasteiger partial charge in [0.25, 0.3) is 5.56 Å². The maximum atomic E-state index is 12.4. The Bertz CT molecular complexity index is 944. The van der Waals surface area contributed by atoms with Gasteiger partial charge in [0.2, 0.25) is 5.75 Å². The zero-order valence-corrected chi connectivity index (χ0v) is 13.2. The van der Waals surface area contributed by atoms with E-state index in [-0.39, 0.29) is 5.75 Å². The second-order valence-corrected chi connectivity index (χ2v) is 4.99. The second-order valence-electron chi connectivity index (χ2n) is 4.99. The van der Waals surface area contributed by atoms with E-state index in [1.165, 1.54) is 7.11 Å². The summed E-state index contributed by atoms with van der Waals surface area (Å²) < 4.78 is 14.8. The first kappa shape index (κ1) is 15.6. The minimum Gasteiger partial charge on any atom is -0.497 e. The van der Waals surface area contributed by atoms with Crippen molar-refractivity contribution in [1.82, 2.24) is 4.98 Å². The fourth-order valence-electron chi connectivity index (χ4n) is 2.49. The number of carbonyl (C=O) groups excluding carboxylic acids is 1. The van der Waals surface area contributed by atoms with E-state index < -0.39 is 11.7 Å². The van der Waals surface area contributed by atoms with Crippen molar-refractivity contribution in [2.45, 2.75) is 0 Å².